The van der Waals surface area contributed by atoms with E-state index in [9.17, 15) is 14.9 Å². The highest BCUT2D eigenvalue weighted by Crippen LogP contribution is 2.30. The van der Waals surface area contributed by atoms with Gasteiger partial charge in [0.05, 0.1) is 6.54 Å². The number of fused-ring (bicyclic) bond motifs is 1. The highest BCUT2D eigenvalue weighted by Gasteiger charge is 2.36. The molecule has 0 bridgehead atoms. The SMILES string of the molecule is O=C(O)C1NCC([N+](=O)[O-])c2ccccc21. The Morgan fingerprint density at radius 2 is 2.06 bits per heavy atom. The summed E-state index contributed by atoms with van der Waals surface area (Å²) in [5.74, 6) is -1.02. The molecule has 2 unspecified atom stereocenters. The summed E-state index contributed by atoms with van der Waals surface area (Å²) in [7, 11) is 0. The second-order valence-corrected chi connectivity index (χ2v) is 3.61. The zero-order valence-electron chi connectivity index (χ0n) is 8.29. The van der Waals surface area contributed by atoms with E-state index in [2.05, 4.69) is 5.32 Å². The third-order valence-corrected chi connectivity index (χ3v) is 2.68. The fraction of sp³-hybridized carbons (Fsp3) is 0.300. The standard InChI is InChI=1S/C10H10N2O4/c13-10(14)9-7-4-2-1-3-6(7)8(5-11-9)12(15)16/h1-4,8-9,11H,5H2,(H,13,14). The predicted molar refractivity (Wildman–Crippen MR) is 54.6 cm³/mol. The average molecular weight is 222 g/mol. The number of carboxylic acids is 1. The van der Waals surface area contributed by atoms with Gasteiger partial charge in [-0.2, -0.15) is 0 Å². The van der Waals surface area contributed by atoms with Crippen molar-refractivity contribution in [2.24, 2.45) is 0 Å². The molecule has 0 saturated carbocycles. The Kier molecular flexibility index (Phi) is 2.57. The summed E-state index contributed by atoms with van der Waals surface area (Å²) in [6, 6.07) is 4.86. The van der Waals surface area contributed by atoms with Gasteiger partial charge in [0, 0.05) is 10.5 Å². The lowest BCUT2D eigenvalue weighted by Gasteiger charge is -2.25. The summed E-state index contributed by atoms with van der Waals surface area (Å²) < 4.78 is 0. The minimum absolute atomic E-state index is 0.0426. The number of nitrogens with one attached hydrogen (secondary N) is 1. The number of hydrogen-bond donors (Lipinski definition) is 2. The summed E-state index contributed by atoms with van der Waals surface area (Å²) in [6.07, 6.45) is 0. The van der Waals surface area contributed by atoms with Gasteiger partial charge in [-0.3, -0.25) is 20.2 Å². The second-order valence-electron chi connectivity index (χ2n) is 3.61. The van der Waals surface area contributed by atoms with Crippen molar-refractivity contribution in [3.8, 4) is 0 Å². The van der Waals surface area contributed by atoms with Crippen LogP contribution in [0.5, 0.6) is 0 Å². The van der Waals surface area contributed by atoms with Gasteiger partial charge in [-0.05, 0) is 5.56 Å². The van der Waals surface area contributed by atoms with Gasteiger partial charge in [0.25, 0.3) is 6.04 Å². The highest BCUT2D eigenvalue weighted by molar-refractivity contribution is 5.76. The molecule has 6 nitrogen and oxygen atoms in total. The molecule has 0 saturated heterocycles. The van der Waals surface area contributed by atoms with Crippen molar-refractivity contribution in [2.75, 3.05) is 6.54 Å². The van der Waals surface area contributed by atoms with E-state index in [1.54, 1.807) is 24.3 Å². The van der Waals surface area contributed by atoms with Gasteiger partial charge in [0.2, 0.25) is 0 Å². The molecule has 1 aliphatic heterocycles. The van der Waals surface area contributed by atoms with Gasteiger partial charge in [0.1, 0.15) is 6.04 Å². The van der Waals surface area contributed by atoms with Crippen molar-refractivity contribution in [3.63, 3.8) is 0 Å². The zero-order valence-corrected chi connectivity index (χ0v) is 8.29. The normalized spacial score (nSPS) is 23.5. The minimum atomic E-state index is -1.02. The number of nitrogens with zero attached hydrogens (tertiary/aromatic N) is 1. The molecule has 84 valence electrons. The van der Waals surface area contributed by atoms with Crippen molar-refractivity contribution in [1.82, 2.24) is 5.32 Å². The Morgan fingerprint density at radius 3 is 2.62 bits per heavy atom. The summed E-state index contributed by atoms with van der Waals surface area (Å²) in [4.78, 5) is 21.4. The molecule has 0 aliphatic carbocycles. The van der Waals surface area contributed by atoms with Gasteiger partial charge in [-0.15, -0.1) is 0 Å². The quantitative estimate of drug-likeness (QED) is 0.568. The van der Waals surface area contributed by atoms with Crippen LogP contribution in [0.15, 0.2) is 24.3 Å². The van der Waals surface area contributed by atoms with Gasteiger partial charge >= 0.3 is 5.97 Å². The van der Waals surface area contributed by atoms with Crippen LogP contribution in [0.3, 0.4) is 0 Å². The lowest BCUT2D eigenvalue weighted by atomic mass is 9.91. The number of benzene rings is 1. The van der Waals surface area contributed by atoms with Crippen LogP contribution in [0.25, 0.3) is 0 Å². The number of rotatable bonds is 2. The van der Waals surface area contributed by atoms with Crippen LogP contribution in [0.4, 0.5) is 0 Å². The summed E-state index contributed by atoms with van der Waals surface area (Å²) >= 11 is 0. The number of aliphatic carboxylic acids is 1. The van der Waals surface area contributed by atoms with Gasteiger partial charge < -0.3 is 5.11 Å². The Bertz CT molecular complexity index is 405. The lowest BCUT2D eigenvalue weighted by molar-refractivity contribution is -0.527. The minimum Gasteiger partial charge on any atom is -0.480 e. The lowest BCUT2D eigenvalue weighted by Crippen LogP contribution is -2.39. The van der Waals surface area contributed by atoms with Gasteiger partial charge in [-0.1, -0.05) is 24.3 Å². The molecule has 1 aromatic carbocycles. The van der Waals surface area contributed by atoms with E-state index in [0.29, 0.717) is 11.1 Å². The van der Waals surface area contributed by atoms with E-state index < -0.39 is 23.0 Å². The van der Waals surface area contributed by atoms with Crippen LogP contribution >= 0.6 is 0 Å². The van der Waals surface area contributed by atoms with Crippen molar-refractivity contribution >= 4 is 5.97 Å². The van der Waals surface area contributed by atoms with Crippen LogP contribution in [-0.2, 0) is 4.79 Å². The first-order valence-electron chi connectivity index (χ1n) is 4.79. The molecule has 1 aliphatic rings. The van der Waals surface area contributed by atoms with Crippen molar-refractivity contribution < 1.29 is 14.8 Å². The predicted octanol–water partition coefficient (Wildman–Crippen LogP) is 0.733. The van der Waals surface area contributed by atoms with E-state index in [-0.39, 0.29) is 6.54 Å². The molecule has 0 amide bonds. The van der Waals surface area contributed by atoms with E-state index in [4.69, 9.17) is 5.11 Å². The largest absolute Gasteiger partial charge is 0.480 e. The van der Waals surface area contributed by atoms with Crippen LogP contribution in [0.2, 0.25) is 0 Å². The smallest absolute Gasteiger partial charge is 0.325 e. The number of nitro groups is 1. The molecule has 0 spiro atoms. The first-order valence-corrected chi connectivity index (χ1v) is 4.79. The van der Waals surface area contributed by atoms with Gasteiger partial charge in [0.15, 0.2) is 0 Å². The highest BCUT2D eigenvalue weighted by atomic mass is 16.6. The molecule has 0 fully saturated rings. The molecule has 1 heterocycles. The monoisotopic (exact) mass is 222 g/mol. The summed E-state index contributed by atoms with van der Waals surface area (Å²) in [6.45, 7) is 0.0426. The van der Waals surface area contributed by atoms with Crippen molar-refractivity contribution in [3.05, 3.63) is 45.5 Å². The van der Waals surface area contributed by atoms with E-state index >= 15 is 0 Å². The molecule has 6 heteroatoms. The Balaban J connectivity index is 2.48. The maximum Gasteiger partial charge on any atom is 0.325 e. The molecule has 1 aromatic rings. The molecular formula is C10H10N2O4. The van der Waals surface area contributed by atoms with Gasteiger partial charge in [-0.25, -0.2) is 0 Å². The number of hydrogen-bond acceptors (Lipinski definition) is 4. The topological polar surface area (TPSA) is 92.5 Å². The number of carboxylic acid groups (broad SMARTS) is 1. The second kappa shape index (κ2) is 3.90. The average Bonchev–Trinajstić information content (AvgIpc) is 2.27. The Hall–Kier alpha value is -1.95. The first-order chi connectivity index (χ1) is 7.61. The fourth-order valence-corrected chi connectivity index (χ4v) is 1.94. The van der Waals surface area contributed by atoms with Crippen LogP contribution in [-0.4, -0.2) is 22.5 Å². The van der Waals surface area contributed by atoms with E-state index in [1.807, 2.05) is 0 Å². The maximum absolute atomic E-state index is 11.0. The molecule has 2 N–H and O–H groups in total. The van der Waals surface area contributed by atoms with E-state index in [0.717, 1.165) is 0 Å². The molecular weight excluding hydrogens is 212 g/mol. The molecule has 0 radical (unpaired) electrons. The fourth-order valence-electron chi connectivity index (χ4n) is 1.94. The molecule has 2 atom stereocenters. The summed E-state index contributed by atoms with van der Waals surface area (Å²) in [5, 5.41) is 22.5. The Labute approximate surface area is 91.0 Å². The van der Waals surface area contributed by atoms with Crippen LogP contribution in [0, 0.1) is 10.1 Å². The third-order valence-electron chi connectivity index (χ3n) is 2.68. The number of carbonyl (C=O) groups is 1. The third kappa shape index (κ3) is 1.63. The maximum atomic E-state index is 11.0. The molecule has 0 aromatic heterocycles. The van der Waals surface area contributed by atoms with Crippen LogP contribution in [0.1, 0.15) is 23.2 Å². The zero-order chi connectivity index (χ0) is 11.7. The van der Waals surface area contributed by atoms with Crippen molar-refractivity contribution in [2.45, 2.75) is 12.1 Å². The molecule has 2 rings (SSSR count). The Morgan fingerprint density at radius 1 is 1.44 bits per heavy atom. The summed E-state index contributed by atoms with van der Waals surface area (Å²) in [5.41, 5.74) is 0.960. The first kappa shape index (κ1) is 10.6. The molecule has 16 heavy (non-hydrogen) atoms. The van der Waals surface area contributed by atoms with Crippen molar-refractivity contribution in [1.29, 1.82) is 0 Å². The van der Waals surface area contributed by atoms with Crippen LogP contribution < -0.4 is 5.32 Å². The van der Waals surface area contributed by atoms with E-state index in [1.165, 1.54) is 0 Å².